The van der Waals surface area contributed by atoms with Crippen molar-refractivity contribution in [3.8, 4) is 22.8 Å². The van der Waals surface area contributed by atoms with Gasteiger partial charge in [0.2, 0.25) is 6.79 Å². The second-order valence-corrected chi connectivity index (χ2v) is 8.46. The van der Waals surface area contributed by atoms with Crippen LogP contribution in [0.2, 0.25) is 0 Å². The smallest absolute Gasteiger partial charge is 0.273 e. The highest BCUT2D eigenvalue weighted by molar-refractivity contribution is 5.98. The zero-order valence-corrected chi connectivity index (χ0v) is 19.8. The minimum Gasteiger partial charge on any atom is -0.455 e. The van der Waals surface area contributed by atoms with E-state index in [1.165, 1.54) is 12.3 Å². The summed E-state index contributed by atoms with van der Waals surface area (Å²) in [5.74, 6) is 0.619. The first-order valence-corrected chi connectivity index (χ1v) is 11.1. The number of furan rings is 1. The number of nitrogens with zero attached hydrogens (tertiary/aromatic N) is 2. The lowest BCUT2D eigenvalue weighted by Crippen LogP contribution is -2.48. The molecule has 0 radical (unpaired) electrons. The normalized spacial score (nSPS) is 13.1. The molecule has 36 heavy (non-hydrogen) atoms. The van der Waals surface area contributed by atoms with Crippen molar-refractivity contribution >= 4 is 23.7 Å². The zero-order chi connectivity index (χ0) is 25.8. The topological polar surface area (TPSA) is 145 Å². The molecule has 2 aromatic carbocycles. The van der Waals surface area contributed by atoms with Gasteiger partial charge in [0.25, 0.3) is 17.5 Å². The Morgan fingerprint density at radius 1 is 1.08 bits per heavy atom. The summed E-state index contributed by atoms with van der Waals surface area (Å²) in [6.07, 6.45) is 1.31. The Morgan fingerprint density at radius 2 is 1.86 bits per heavy atom. The van der Waals surface area contributed by atoms with Crippen LogP contribution in [0.15, 0.2) is 58.0 Å². The first kappa shape index (κ1) is 24.5. The van der Waals surface area contributed by atoms with Crippen molar-refractivity contribution in [2.24, 2.45) is 11.0 Å². The number of carbonyl (C=O) groups excluding carboxylic acids is 2. The molecule has 3 aromatic rings. The van der Waals surface area contributed by atoms with Crippen LogP contribution in [0, 0.1) is 23.0 Å². The van der Waals surface area contributed by atoms with Gasteiger partial charge in [0, 0.05) is 22.8 Å². The maximum Gasteiger partial charge on any atom is 0.273 e. The predicted octanol–water partition coefficient (Wildman–Crippen LogP) is 3.80. The van der Waals surface area contributed by atoms with Crippen molar-refractivity contribution in [1.82, 2.24) is 10.7 Å². The number of amides is 2. The maximum atomic E-state index is 12.7. The van der Waals surface area contributed by atoms with Crippen LogP contribution in [0.4, 0.5) is 5.69 Å². The van der Waals surface area contributed by atoms with Gasteiger partial charge in [-0.3, -0.25) is 19.7 Å². The largest absolute Gasteiger partial charge is 0.455 e. The molecule has 11 nitrogen and oxygen atoms in total. The second-order valence-electron chi connectivity index (χ2n) is 8.46. The lowest BCUT2D eigenvalue weighted by molar-refractivity contribution is -0.385. The van der Waals surface area contributed by atoms with Crippen molar-refractivity contribution in [3.63, 3.8) is 0 Å². The first-order valence-electron chi connectivity index (χ1n) is 11.1. The number of benzene rings is 2. The molecule has 0 unspecified atom stereocenters. The third kappa shape index (κ3) is 5.35. The van der Waals surface area contributed by atoms with Crippen LogP contribution < -0.4 is 20.2 Å². The van der Waals surface area contributed by atoms with Gasteiger partial charge in [0.1, 0.15) is 17.6 Å². The average Bonchev–Trinajstić information content (AvgIpc) is 3.51. The number of nitro benzene ring substituents is 1. The number of carbonyl (C=O) groups is 2. The molecule has 0 spiro atoms. The second kappa shape index (κ2) is 10.3. The van der Waals surface area contributed by atoms with Gasteiger partial charge in [-0.15, -0.1) is 0 Å². The van der Waals surface area contributed by atoms with Gasteiger partial charge in [0.05, 0.1) is 11.1 Å². The number of hydrazone groups is 1. The highest BCUT2D eigenvalue weighted by Gasteiger charge is 2.25. The summed E-state index contributed by atoms with van der Waals surface area (Å²) in [5, 5.41) is 17.8. The summed E-state index contributed by atoms with van der Waals surface area (Å²) in [6.45, 7) is 5.35. The van der Waals surface area contributed by atoms with Crippen LogP contribution in [0.5, 0.6) is 11.5 Å². The van der Waals surface area contributed by atoms with Crippen molar-refractivity contribution in [3.05, 3.63) is 75.5 Å². The summed E-state index contributed by atoms with van der Waals surface area (Å²) in [4.78, 5) is 36.1. The minimum absolute atomic E-state index is 0.00565. The van der Waals surface area contributed by atoms with E-state index < -0.39 is 22.8 Å². The van der Waals surface area contributed by atoms with Crippen molar-refractivity contribution in [2.45, 2.75) is 26.8 Å². The third-order valence-corrected chi connectivity index (χ3v) is 5.55. The number of ether oxygens (including phenoxy) is 2. The zero-order valence-electron chi connectivity index (χ0n) is 19.8. The van der Waals surface area contributed by atoms with Crippen molar-refractivity contribution in [1.29, 1.82) is 0 Å². The van der Waals surface area contributed by atoms with Gasteiger partial charge >= 0.3 is 0 Å². The van der Waals surface area contributed by atoms with Crippen LogP contribution in [0.25, 0.3) is 11.3 Å². The molecule has 2 N–H and O–H groups in total. The van der Waals surface area contributed by atoms with E-state index in [1.54, 1.807) is 63.2 Å². The number of aryl methyl sites for hydroxylation is 1. The van der Waals surface area contributed by atoms with Gasteiger partial charge in [-0.1, -0.05) is 26.0 Å². The van der Waals surface area contributed by atoms with E-state index >= 15 is 0 Å². The standard InChI is InChI=1S/C25H24N4O7/c1-14(2)23(27-24(30)17-6-8-21-22(11-17)35-13-34-21)25(31)28-26-12-18-7-9-20(36-18)16-5-4-15(3)19(10-16)29(32)33/h4-12,14,23H,13H2,1-3H3,(H,27,30)(H,28,31)/b26-12+/t23-/m1/s1. The van der Waals surface area contributed by atoms with Gasteiger partial charge in [-0.05, 0) is 43.2 Å². The molecule has 1 aliphatic heterocycles. The van der Waals surface area contributed by atoms with Crippen LogP contribution in [-0.4, -0.2) is 35.8 Å². The summed E-state index contributed by atoms with van der Waals surface area (Å²) < 4.78 is 16.2. The highest BCUT2D eigenvalue weighted by Crippen LogP contribution is 2.32. The summed E-state index contributed by atoms with van der Waals surface area (Å²) in [5.41, 5.74) is 3.83. The first-order chi connectivity index (χ1) is 17.2. The maximum absolute atomic E-state index is 12.7. The average molecular weight is 492 g/mol. The Hall–Kier alpha value is -4.67. The van der Waals surface area contributed by atoms with E-state index in [4.69, 9.17) is 13.9 Å². The van der Waals surface area contributed by atoms with E-state index in [0.717, 1.165) is 0 Å². The molecule has 0 fully saturated rings. The molecule has 11 heteroatoms. The summed E-state index contributed by atoms with van der Waals surface area (Å²) in [6, 6.07) is 12.0. The van der Waals surface area contributed by atoms with E-state index in [2.05, 4.69) is 15.8 Å². The Kier molecular flexibility index (Phi) is 7.00. The molecule has 0 saturated carbocycles. The van der Waals surface area contributed by atoms with Crippen molar-refractivity contribution < 1.29 is 28.4 Å². The van der Waals surface area contributed by atoms with E-state index in [-0.39, 0.29) is 18.4 Å². The van der Waals surface area contributed by atoms with E-state index in [0.29, 0.717) is 39.7 Å². The van der Waals surface area contributed by atoms with Gasteiger partial charge in [-0.2, -0.15) is 5.10 Å². The number of nitro groups is 1. The highest BCUT2D eigenvalue weighted by atomic mass is 16.7. The summed E-state index contributed by atoms with van der Waals surface area (Å²) >= 11 is 0. The molecule has 0 saturated heterocycles. The fourth-order valence-electron chi connectivity index (χ4n) is 3.56. The Balaban J connectivity index is 1.39. The predicted molar refractivity (Wildman–Crippen MR) is 130 cm³/mol. The molecule has 2 heterocycles. The number of fused-ring (bicyclic) bond motifs is 1. The lowest BCUT2D eigenvalue weighted by Gasteiger charge is -2.20. The number of hydrogen-bond acceptors (Lipinski definition) is 8. The molecule has 186 valence electrons. The molecule has 1 aromatic heterocycles. The SMILES string of the molecule is Cc1ccc(-c2ccc(/C=N/NC(=O)[C@H](NC(=O)c3ccc4c(c3)OCO4)C(C)C)o2)cc1[N+](=O)[O-]. The number of nitrogens with one attached hydrogen (secondary N) is 2. The molecule has 2 amide bonds. The van der Waals surface area contributed by atoms with Crippen molar-refractivity contribution in [2.75, 3.05) is 6.79 Å². The van der Waals surface area contributed by atoms with Gasteiger partial charge < -0.3 is 19.2 Å². The Labute approximate surface area is 206 Å². The molecule has 0 aliphatic carbocycles. The van der Waals surface area contributed by atoms with Gasteiger partial charge in [0.15, 0.2) is 11.5 Å². The molecule has 1 aliphatic rings. The molecule has 4 rings (SSSR count). The fraction of sp³-hybridized carbons (Fsp3) is 0.240. The molecular weight excluding hydrogens is 468 g/mol. The fourth-order valence-corrected chi connectivity index (χ4v) is 3.56. The number of hydrogen-bond donors (Lipinski definition) is 2. The van der Waals surface area contributed by atoms with Crippen LogP contribution in [0.1, 0.15) is 35.5 Å². The van der Waals surface area contributed by atoms with Crippen LogP contribution in [0.3, 0.4) is 0 Å². The van der Waals surface area contributed by atoms with Crippen LogP contribution in [-0.2, 0) is 4.79 Å². The summed E-state index contributed by atoms with van der Waals surface area (Å²) in [7, 11) is 0. The van der Waals surface area contributed by atoms with E-state index in [9.17, 15) is 19.7 Å². The molecular formula is C25H24N4O7. The number of rotatable bonds is 8. The quantitative estimate of drug-likeness (QED) is 0.276. The molecule has 0 bridgehead atoms. The Morgan fingerprint density at radius 3 is 2.61 bits per heavy atom. The van der Waals surface area contributed by atoms with Gasteiger partial charge in [-0.25, -0.2) is 5.43 Å². The van der Waals surface area contributed by atoms with Crippen LogP contribution >= 0.6 is 0 Å². The minimum atomic E-state index is -0.847. The van der Waals surface area contributed by atoms with E-state index in [1.807, 2.05) is 0 Å². The lowest BCUT2D eigenvalue weighted by atomic mass is 10.0. The Bertz CT molecular complexity index is 1350. The molecule has 1 atom stereocenters. The monoisotopic (exact) mass is 492 g/mol. The third-order valence-electron chi connectivity index (χ3n) is 5.55.